The van der Waals surface area contributed by atoms with Crippen LogP contribution in [-0.2, 0) is 6.54 Å². The molecule has 8 heteroatoms. The zero-order valence-corrected chi connectivity index (χ0v) is 17.8. The quantitative estimate of drug-likeness (QED) is 0.274. The number of aromatic nitrogens is 4. The van der Waals surface area contributed by atoms with Crippen molar-refractivity contribution in [2.24, 2.45) is 0 Å². The number of halogens is 1. The molecule has 0 unspecified atom stereocenters. The maximum atomic E-state index is 13.3. The Balaban J connectivity index is 1.47. The Bertz CT molecular complexity index is 1450. The Morgan fingerprint density at radius 1 is 0.938 bits per heavy atom. The third kappa shape index (κ3) is 3.97. The summed E-state index contributed by atoms with van der Waals surface area (Å²) in [4.78, 5) is 13.2. The molecule has 160 valence electrons. The van der Waals surface area contributed by atoms with Gasteiger partial charge in [0.2, 0.25) is 5.78 Å². The fraction of sp³-hybridized carbons (Fsp3) is 0.125. The highest BCUT2D eigenvalue weighted by Crippen LogP contribution is 2.22. The zero-order valence-electron chi connectivity index (χ0n) is 17.0. The van der Waals surface area contributed by atoms with Crippen LogP contribution in [0.3, 0.4) is 0 Å². The van der Waals surface area contributed by atoms with Gasteiger partial charge in [0.15, 0.2) is 5.16 Å². The predicted molar refractivity (Wildman–Crippen MR) is 123 cm³/mol. The normalized spacial score (nSPS) is 11.3. The van der Waals surface area contributed by atoms with E-state index in [0.717, 1.165) is 11.1 Å². The second-order valence-electron chi connectivity index (χ2n) is 7.17. The lowest BCUT2D eigenvalue weighted by atomic mass is 10.2. The second-order valence-corrected chi connectivity index (χ2v) is 8.23. The molecule has 5 rings (SSSR count). The van der Waals surface area contributed by atoms with Crippen LogP contribution in [0.25, 0.3) is 16.7 Å². The van der Waals surface area contributed by atoms with Gasteiger partial charge in [-0.25, -0.2) is 4.39 Å². The molecule has 2 heterocycles. The molecule has 3 aromatic carbocycles. The van der Waals surface area contributed by atoms with E-state index < -0.39 is 0 Å². The summed E-state index contributed by atoms with van der Waals surface area (Å²) >= 11 is 1.47. The number of hydrogen-bond acceptors (Lipinski definition) is 5. The molecule has 0 amide bonds. The van der Waals surface area contributed by atoms with Gasteiger partial charge in [0.05, 0.1) is 24.1 Å². The summed E-state index contributed by atoms with van der Waals surface area (Å²) in [6.07, 6.45) is 0. The fourth-order valence-electron chi connectivity index (χ4n) is 3.58. The average Bonchev–Trinajstić information content (AvgIpc) is 3.24. The van der Waals surface area contributed by atoms with Gasteiger partial charge in [0, 0.05) is 11.8 Å². The molecular weight excluding hydrogens is 427 g/mol. The van der Waals surface area contributed by atoms with Crippen molar-refractivity contribution in [1.29, 1.82) is 0 Å². The summed E-state index contributed by atoms with van der Waals surface area (Å²) in [6, 6.07) is 23.3. The van der Waals surface area contributed by atoms with E-state index in [1.54, 1.807) is 16.7 Å². The molecule has 2 aromatic heterocycles. The van der Waals surface area contributed by atoms with E-state index >= 15 is 0 Å². The van der Waals surface area contributed by atoms with Gasteiger partial charge >= 0.3 is 0 Å². The minimum absolute atomic E-state index is 0.102. The minimum atomic E-state index is -0.332. The van der Waals surface area contributed by atoms with Crippen LogP contribution in [0.15, 0.2) is 88.8 Å². The molecule has 0 fully saturated rings. The lowest BCUT2D eigenvalue weighted by Crippen LogP contribution is -2.24. The second kappa shape index (κ2) is 8.84. The predicted octanol–water partition coefficient (Wildman–Crippen LogP) is 4.40. The molecule has 0 spiro atoms. The van der Waals surface area contributed by atoms with Crippen LogP contribution in [0, 0.1) is 5.82 Å². The fourth-order valence-corrected chi connectivity index (χ4v) is 4.34. The van der Waals surface area contributed by atoms with Gasteiger partial charge in [-0.1, -0.05) is 60.3 Å². The van der Waals surface area contributed by atoms with Crippen LogP contribution in [0.5, 0.6) is 5.75 Å². The summed E-state index contributed by atoms with van der Waals surface area (Å²) in [5.74, 6) is 1.23. The molecule has 6 nitrogen and oxygen atoms in total. The third-order valence-electron chi connectivity index (χ3n) is 5.04. The average molecular weight is 447 g/mol. The molecule has 0 aliphatic heterocycles. The van der Waals surface area contributed by atoms with Crippen LogP contribution in [0.4, 0.5) is 4.39 Å². The molecule has 0 saturated carbocycles. The number of fused-ring (bicyclic) bond motifs is 3. The van der Waals surface area contributed by atoms with Crippen LogP contribution < -0.4 is 10.3 Å². The molecule has 5 aromatic rings. The number of benzene rings is 3. The van der Waals surface area contributed by atoms with E-state index in [1.807, 2.05) is 59.0 Å². The number of para-hydroxylation sites is 1. The molecular formula is C24H19FN4O2S. The van der Waals surface area contributed by atoms with Crippen molar-refractivity contribution in [3.05, 3.63) is 101 Å². The molecule has 32 heavy (non-hydrogen) atoms. The van der Waals surface area contributed by atoms with Crippen LogP contribution in [0.1, 0.15) is 5.56 Å². The largest absolute Gasteiger partial charge is 0.493 e. The Kier molecular flexibility index (Phi) is 5.60. The van der Waals surface area contributed by atoms with Gasteiger partial charge in [0.25, 0.3) is 5.56 Å². The third-order valence-corrected chi connectivity index (χ3v) is 5.93. The van der Waals surface area contributed by atoms with Gasteiger partial charge < -0.3 is 4.74 Å². The number of nitrogens with zero attached hydrogens (tertiary/aromatic N) is 4. The van der Waals surface area contributed by atoms with Gasteiger partial charge in [-0.15, -0.1) is 10.2 Å². The van der Waals surface area contributed by atoms with Gasteiger partial charge in [-0.05, 0) is 29.8 Å². The van der Waals surface area contributed by atoms with E-state index in [-0.39, 0.29) is 11.4 Å². The van der Waals surface area contributed by atoms with Crippen LogP contribution >= 0.6 is 11.8 Å². The van der Waals surface area contributed by atoms with E-state index in [1.165, 1.54) is 23.9 Å². The Hall–Kier alpha value is -3.65. The molecule has 0 aliphatic carbocycles. The standard InChI is InChI=1S/C24H19FN4O2S/c25-18-9-6-10-19(15-18)31-13-14-32-24-27-26-23-28(16-17-7-2-1-3-8-17)22(30)20-11-4-5-12-21(20)29(23)24/h1-12,15H,13-14,16H2. The number of ether oxygens (including phenoxy) is 1. The Morgan fingerprint density at radius 2 is 1.75 bits per heavy atom. The minimum Gasteiger partial charge on any atom is -0.493 e. The van der Waals surface area contributed by atoms with Gasteiger partial charge in [-0.3, -0.25) is 13.8 Å². The lowest BCUT2D eigenvalue weighted by molar-refractivity contribution is 0.342. The molecule has 0 atom stereocenters. The van der Waals surface area contributed by atoms with Crippen LogP contribution in [0.2, 0.25) is 0 Å². The molecule has 0 N–H and O–H groups in total. The van der Waals surface area contributed by atoms with Crippen molar-refractivity contribution < 1.29 is 9.13 Å². The highest BCUT2D eigenvalue weighted by atomic mass is 32.2. The summed E-state index contributed by atoms with van der Waals surface area (Å²) in [6.45, 7) is 0.782. The van der Waals surface area contributed by atoms with E-state index in [9.17, 15) is 9.18 Å². The van der Waals surface area contributed by atoms with E-state index in [4.69, 9.17) is 4.74 Å². The maximum Gasteiger partial charge on any atom is 0.263 e. The van der Waals surface area contributed by atoms with Gasteiger partial charge in [-0.2, -0.15) is 0 Å². The zero-order chi connectivity index (χ0) is 21.9. The molecule has 0 aliphatic rings. The van der Waals surface area contributed by atoms with Crippen molar-refractivity contribution in [3.8, 4) is 5.75 Å². The first-order chi connectivity index (χ1) is 15.7. The summed E-state index contributed by atoms with van der Waals surface area (Å²) in [5, 5.41) is 9.96. The first-order valence-electron chi connectivity index (χ1n) is 10.1. The SMILES string of the molecule is O=c1c2ccccc2n2c(SCCOc3cccc(F)c3)nnc2n1Cc1ccccc1. The monoisotopic (exact) mass is 446 g/mol. The Labute approximate surface area is 187 Å². The van der Waals surface area contributed by atoms with Crippen molar-refractivity contribution in [3.63, 3.8) is 0 Å². The topological polar surface area (TPSA) is 61.4 Å². The van der Waals surface area contributed by atoms with Gasteiger partial charge in [0.1, 0.15) is 11.6 Å². The first-order valence-corrected chi connectivity index (χ1v) is 11.1. The lowest BCUT2D eigenvalue weighted by Gasteiger charge is -2.11. The number of hydrogen-bond donors (Lipinski definition) is 0. The molecule has 0 bridgehead atoms. The number of thioether (sulfide) groups is 1. The molecule has 0 saturated heterocycles. The van der Waals surface area contributed by atoms with E-state index in [0.29, 0.717) is 41.0 Å². The van der Waals surface area contributed by atoms with E-state index in [2.05, 4.69) is 10.2 Å². The smallest absolute Gasteiger partial charge is 0.263 e. The summed E-state index contributed by atoms with van der Waals surface area (Å²) in [5.41, 5.74) is 1.66. The Morgan fingerprint density at radius 3 is 2.59 bits per heavy atom. The van der Waals surface area contributed by atoms with Crippen LogP contribution in [-0.4, -0.2) is 31.5 Å². The number of rotatable bonds is 7. The van der Waals surface area contributed by atoms with Crippen molar-refractivity contribution in [2.75, 3.05) is 12.4 Å². The summed E-state index contributed by atoms with van der Waals surface area (Å²) in [7, 11) is 0. The summed E-state index contributed by atoms with van der Waals surface area (Å²) < 4.78 is 22.5. The maximum absolute atomic E-state index is 13.3. The highest BCUT2D eigenvalue weighted by molar-refractivity contribution is 7.99. The van der Waals surface area contributed by atoms with Crippen molar-refractivity contribution >= 4 is 28.4 Å². The molecule has 0 radical (unpaired) electrons. The highest BCUT2D eigenvalue weighted by Gasteiger charge is 2.17. The van der Waals surface area contributed by atoms with Crippen molar-refractivity contribution in [2.45, 2.75) is 11.7 Å². The first kappa shape index (κ1) is 20.3. The van der Waals surface area contributed by atoms with Crippen molar-refractivity contribution in [1.82, 2.24) is 19.2 Å².